The number of hydrogen-bond donors (Lipinski definition) is 1. The molecule has 0 aliphatic carbocycles. The molecule has 9 heteroatoms. The fourth-order valence-corrected chi connectivity index (χ4v) is 0.480. The first-order valence-corrected chi connectivity index (χ1v) is 3.02. The second-order valence-electron chi connectivity index (χ2n) is 2.32. The second-order valence-corrected chi connectivity index (χ2v) is 2.32. The Labute approximate surface area is 80.9 Å². The Kier molecular flexibility index (Phi) is 5.23. The molecule has 0 aliphatic heterocycles. The summed E-state index contributed by atoms with van der Waals surface area (Å²) < 4.78 is 83.7. The van der Waals surface area contributed by atoms with Crippen molar-refractivity contribution in [3.05, 3.63) is 0 Å². The molecule has 0 atom stereocenters. The van der Waals surface area contributed by atoms with Crippen LogP contribution in [0.5, 0.6) is 0 Å². The minimum Gasteiger partial charge on any atom is -0.325 e. The molecule has 14 heavy (non-hydrogen) atoms. The van der Waals surface area contributed by atoms with Crippen molar-refractivity contribution in [3.8, 4) is 0 Å². The van der Waals surface area contributed by atoms with Crippen LogP contribution in [0.25, 0.3) is 0 Å². The van der Waals surface area contributed by atoms with Crippen LogP contribution in [0.1, 0.15) is 0 Å². The molecule has 0 radical (unpaired) electrons. The van der Waals surface area contributed by atoms with E-state index in [4.69, 9.17) is 0 Å². The van der Waals surface area contributed by atoms with Crippen molar-refractivity contribution in [3.63, 3.8) is 0 Å². The van der Waals surface area contributed by atoms with Crippen molar-refractivity contribution in [2.24, 2.45) is 5.73 Å². The van der Waals surface area contributed by atoms with Gasteiger partial charge in [0.25, 0.3) is 0 Å². The highest BCUT2D eigenvalue weighted by Gasteiger charge is 2.70. The molecular weight excluding hydrogens is 243 g/mol. The van der Waals surface area contributed by atoms with Crippen molar-refractivity contribution in [1.29, 1.82) is 0 Å². The van der Waals surface area contributed by atoms with Gasteiger partial charge in [-0.1, -0.05) is 0 Å². The Hall–Kier alpha value is -0.240. The number of alkyl halides is 7. The maximum absolute atomic E-state index is 12.2. The normalized spacial score (nSPS) is 13.7. The summed E-state index contributed by atoms with van der Waals surface area (Å²) in [6.45, 7) is -4.84. The van der Waals surface area contributed by atoms with Crippen LogP contribution in [-0.4, -0.2) is 31.0 Å². The summed E-state index contributed by atoms with van der Waals surface area (Å²) in [5.74, 6) is -16.3. The average molecular weight is 250 g/mol. The minimum atomic E-state index is -5.77. The second kappa shape index (κ2) is 4.52. The summed E-state index contributed by atoms with van der Waals surface area (Å²) in [6, 6.07) is 0. The van der Waals surface area contributed by atoms with E-state index in [2.05, 4.69) is 5.73 Å². The first-order valence-electron chi connectivity index (χ1n) is 3.02. The van der Waals surface area contributed by atoms with Gasteiger partial charge in [0, 0.05) is 0 Å². The highest BCUT2D eigenvalue weighted by Crippen LogP contribution is 2.45. The lowest BCUT2D eigenvalue weighted by Gasteiger charge is -2.30. The Balaban J connectivity index is 0. The molecule has 1 nitrogen and oxygen atoms in total. The molecule has 0 saturated heterocycles. The Morgan fingerprint density at radius 1 is 0.857 bits per heavy atom. The number of hydrogen-bond acceptors (Lipinski definition) is 1. The van der Waals surface area contributed by atoms with E-state index in [0.29, 0.717) is 0 Å². The van der Waals surface area contributed by atoms with Gasteiger partial charge in [0.05, 0.1) is 6.54 Å². The molecule has 2 N–H and O–H groups in total. The molecule has 0 aliphatic rings. The van der Waals surface area contributed by atoms with Gasteiger partial charge in [-0.25, -0.2) is 4.39 Å². The number of nitrogens with two attached hydrogens (primary N) is 1. The molecule has 0 aromatic heterocycles. The summed E-state index contributed by atoms with van der Waals surface area (Å²) in [4.78, 5) is 0. The molecular formula is C5H7ClF7N. The van der Waals surface area contributed by atoms with Gasteiger partial charge >= 0.3 is 17.8 Å². The van der Waals surface area contributed by atoms with Gasteiger partial charge in [-0.15, -0.1) is 12.4 Å². The van der Waals surface area contributed by atoms with Crippen molar-refractivity contribution in [2.75, 3.05) is 13.2 Å². The van der Waals surface area contributed by atoms with Crippen LogP contribution in [0, 0.1) is 0 Å². The molecule has 0 spiro atoms. The van der Waals surface area contributed by atoms with Crippen molar-refractivity contribution >= 4 is 12.4 Å². The summed E-state index contributed by atoms with van der Waals surface area (Å²) in [5, 5.41) is 0. The molecule has 0 aromatic carbocycles. The zero-order valence-corrected chi connectivity index (χ0v) is 7.36. The van der Waals surface area contributed by atoms with E-state index in [1.807, 2.05) is 0 Å². The lowest BCUT2D eigenvalue weighted by atomic mass is 10.1. The standard InChI is InChI=1S/C5H6F7N.ClH/c6-1-3(7,8)5(11,12)4(9,10)2-13;/h1-2,13H2;1H. The molecule has 0 aromatic rings. The van der Waals surface area contributed by atoms with Crippen molar-refractivity contribution in [1.82, 2.24) is 0 Å². The zero-order valence-electron chi connectivity index (χ0n) is 6.55. The van der Waals surface area contributed by atoms with Crippen LogP contribution in [0.3, 0.4) is 0 Å². The molecule has 0 rings (SSSR count). The fourth-order valence-electron chi connectivity index (χ4n) is 0.480. The largest absolute Gasteiger partial charge is 0.375 e. The highest BCUT2D eigenvalue weighted by atomic mass is 35.5. The molecule has 0 fully saturated rings. The Morgan fingerprint density at radius 2 is 1.21 bits per heavy atom. The van der Waals surface area contributed by atoms with Crippen LogP contribution in [0.15, 0.2) is 0 Å². The third-order valence-corrected chi connectivity index (χ3v) is 1.34. The van der Waals surface area contributed by atoms with Gasteiger partial charge in [-0.2, -0.15) is 26.3 Å². The fraction of sp³-hybridized carbons (Fsp3) is 1.00. The van der Waals surface area contributed by atoms with Gasteiger partial charge in [0.1, 0.15) is 0 Å². The lowest BCUT2D eigenvalue weighted by Crippen LogP contribution is -2.58. The van der Waals surface area contributed by atoms with Crippen LogP contribution in [0.2, 0.25) is 0 Å². The number of rotatable bonds is 4. The van der Waals surface area contributed by atoms with E-state index in [-0.39, 0.29) is 12.4 Å². The van der Waals surface area contributed by atoms with E-state index >= 15 is 0 Å². The monoisotopic (exact) mass is 249 g/mol. The Bertz CT molecular complexity index is 165. The van der Waals surface area contributed by atoms with Gasteiger partial charge in [-0.05, 0) is 0 Å². The summed E-state index contributed by atoms with van der Waals surface area (Å²) in [6.07, 6.45) is 0. The molecule has 0 bridgehead atoms. The van der Waals surface area contributed by atoms with Gasteiger partial charge in [0.15, 0.2) is 6.67 Å². The molecule has 0 saturated carbocycles. The van der Waals surface area contributed by atoms with Crippen LogP contribution < -0.4 is 5.73 Å². The van der Waals surface area contributed by atoms with E-state index < -0.39 is 31.0 Å². The van der Waals surface area contributed by atoms with Crippen molar-refractivity contribution < 1.29 is 30.7 Å². The van der Waals surface area contributed by atoms with Crippen LogP contribution >= 0.6 is 12.4 Å². The summed E-state index contributed by atoms with van der Waals surface area (Å²) in [7, 11) is 0. The van der Waals surface area contributed by atoms with Crippen molar-refractivity contribution in [2.45, 2.75) is 17.8 Å². The minimum absolute atomic E-state index is 0. The summed E-state index contributed by atoms with van der Waals surface area (Å²) >= 11 is 0. The van der Waals surface area contributed by atoms with E-state index in [0.717, 1.165) is 0 Å². The maximum atomic E-state index is 12.2. The SMILES string of the molecule is Cl.NCC(F)(F)C(F)(F)C(F)(F)CF. The van der Waals surface area contributed by atoms with Gasteiger partial charge < -0.3 is 5.73 Å². The topological polar surface area (TPSA) is 26.0 Å². The quantitative estimate of drug-likeness (QED) is 0.760. The molecule has 0 amide bonds. The van der Waals surface area contributed by atoms with Crippen LogP contribution in [0.4, 0.5) is 30.7 Å². The van der Waals surface area contributed by atoms with E-state index in [1.165, 1.54) is 0 Å². The smallest absolute Gasteiger partial charge is 0.325 e. The van der Waals surface area contributed by atoms with Gasteiger partial charge in [-0.3, -0.25) is 0 Å². The third-order valence-electron chi connectivity index (χ3n) is 1.34. The van der Waals surface area contributed by atoms with E-state index in [1.54, 1.807) is 0 Å². The van der Waals surface area contributed by atoms with E-state index in [9.17, 15) is 30.7 Å². The molecule has 88 valence electrons. The first kappa shape index (κ1) is 16.2. The Morgan fingerprint density at radius 3 is 1.43 bits per heavy atom. The average Bonchev–Trinajstić information content (AvgIpc) is 2.03. The zero-order chi connectivity index (χ0) is 10.9. The predicted octanol–water partition coefficient (Wildman–Crippen LogP) is 2.24. The molecule has 0 unspecified atom stereocenters. The maximum Gasteiger partial charge on any atom is 0.375 e. The first-order chi connectivity index (χ1) is 5.62. The predicted molar refractivity (Wildman–Crippen MR) is 37.1 cm³/mol. The third kappa shape index (κ3) is 2.41. The highest BCUT2D eigenvalue weighted by molar-refractivity contribution is 5.85. The molecule has 0 heterocycles. The van der Waals surface area contributed by atoms with Crippen LogP contribution in [-0.2, 0) is 0 Å². The summed E-state index contributed by atoms with van der Waals surface area (Å²) in [5.41, 5.74) is 4.16. The lowest BCUT2D eigenvalue weighted by molar-refractivity contribution is -0.307. The number of halogens is 8. The van der Waals surface area contributed by atoms with Gasteiger partial charge in [0.2, 0.25) is 0 Å².